The van der Waals surface area contributed by atoms with Crippen molar-refractivity contribution in [3.8, 4) is 0 Å². The fraction of sp³-hybridized carbons (Fsp3) is 0.333. The molecule has 0 radical (unpaired) electrons. The number of hydrogen-bond acceptors (Lipinski definition) is 2. The minimum Gasteiger partial charge on any atom is -0.304 e. The lowest BCUT2D eigenvalue weighted by molar-refractivity contribution is 0.126. The summed E-state index contributed by atoms with van der Waals surface area (Å²) in [6.45, 7) is 2.31. The van der Waals surface area contributed by atoms with E-state index in [9.17, 15) is 4.39 Å². The van der Waals surface area contributed by atoms with Gasteiger partial charge in [0, 0.05) is 10.4 Å². The van der Waals surface area contributed by atoms with E-state index in [0.717, 1.165) is 10.0 Å². The Morgan fingerprint density at radius 1 is 1.54 bits per heavy atom. The molecular formula is C9H11BrFNO. The van der Waals surface area contributed by atoms with Gasteiger partial charge in [-0.3, -0.25) is 0 Å². The zero-order chi connectivity index (χ0) is 9.84. The van der Waals surface area contributed by atoms with E-state index in [-0.39, 0.29) is 11.7 Å². The van der Waals surface area contributed by atoms with Crippen LogP contribution in [0.4, 0.5) is 4.39 Å². The summed E-state index contributed by atoms with van der Waals surface area (Å²) in [5.41, 5.74) is 0.873. The number of nitrogens with two attached hydrogens (primary N) is 1. The van der Waals surface area contributed by atoms with Gasteiger partial charge in [0.2, 0.25) is 0 Å². The maximum atomic E-state index is 12.9. The first-order valence-electron chi connectivity index (χ1n) is 3.91. The maximum Gasteiger partial charge on any atom is 0.124 e. The van der Waals surface area contributed by atoms with E-state index in [4.69, 9.17) is 5.90 Å². The number of halogens is 2. The van der Waals surface area contributed by atoms with E-state index in [1.165, 1.54) is 12.1 Å². The van der Waals surface area contributed by atoms with Gasteiger partial charge in [-0.25, -0.2) is 10.3 Å². The van der Waals surface area contributed by atoms with Crippen LogP contribution in [0, 0.1) is 5.82 Å². The van der Waals surface area contributed by atoms with Crippen LogP contribution in [0.5, 0.6) is 0 Å². The fourth-order valence-electron chi connectivity index (χ4n) is 1.10. The van der Waals surface area contributed by atoms with Crippen LogP contribution in [0.2, 0.25) is 0 Å². The zero-order valence-corrected chi connectivity index (χ0v) is 8.84. The molecule has 1 unspecified atom stereocenters. The minimum atomic E-state index is -0.256. The molecule has 2 N–H and O–H groups in total. The van der Waals surface area contributed by atoms with Gasteiger partial charge in [0.05, 0.1) is 6.61 Å². The topological polar surface area (TPSA) is 35.2 Å². The monoisotopic (exact) mass is 247 g/mol. The van der Waals surface area contributed by atoms with Crippen molar-refractivity contribution < 1.29 is 9.23 Å². The molecule has 0 heterocycles. The Balaban J connectivity index is 2.87. The Kier molecular flexibility index (Phi) is 3.84. The molecule has 0 aliphatic heterocycles. The highest BCUT2D eigenvalue weighted by Crippen LogP contribution is 2.21. The third-order valence-electron chi connectivity index (χ3n) is 1.80. The fourth-order valence-corrected chi connectivity index (χ4v) is 1.58. The second-order valence-electron chi connectivity index (χ2n) is 2.94. The Bertz CT molecular complexity index is 273. The average molecular weight is 248 g/mol. The van der Waals surface area contributed by atoms with E-state index < -0.39 is 0 Å². The maximum absolute atomic E-state index is 12.9. The van der Waals surface area contributed by atoms with Crippen LogP contribution in [0.3, 0.4) is 0 Å². The van der Waals surface area contributed by atoms with Crippen molar-refractivity contribution in [3.05, 3.63) is 34.1 Å². The minimum absolute atomic E-state index is 0.0944. The van der Waals surface area contributed by atoms with Crippen LogP contribution < -0.4 is 5.90 Å². The van der Waals surface area contributed by atoms with Crippen LogP contribution in [-0.2, 0) is 4.84 Å². The van der Waals surface area contributed by atoms with Crippen molar-refractivity contribution in [2.45, 2.75) is 12.8 Å². The molecular weight excluding hydrogens is 237 g/mol. The first kappa shape index (κ1) is 10.6. The highest BCUT2D eigenvalue weighted by atomic mass is 79.9. The van der Waals surface area contributed by atoms with Crippen molar-refractivity contribution in [1.82, 2.24) is 0 Å². The quantitative estimate of drug-likeness (QED) is 0.834. The molecule has 1 atom stereocenters. The van der Waals surface area contributed by atoms with Gasteiger partial charge in [0.1, 0.15) is 5.82 Å². The normalized spacial score (nSPS) is 12.9. The average Bonchev–Trinajstić information content (AvgIpc) is 2.03. The smallest absolute Gasteiger partial charge is 0.124 e. The van der Waals surface area contributed by atoms with Gasteiger partial charge in [-0.15, -0.1) is 0 Å². The Labute approximate surface area is 85.0 Å². The van der Waals surface area contributed by atoms with Crippen molar-refractivity contribution in [2.75, 3.05) is 6.61 Å². The van der Waals surface area contributed by atoms with Gasteiger partial charge in [-0.05, 0) is 23.8 Å². The Hall–Kier alpha value is -0.450. The van der Waals surface area contributed by atoms with Crippen LogP contribution in [-0.4, -0.2) is 6.61 Å². The first-order valence-corrected chi connectivity index (χ1v) is 4.70. The summed E-state index contributed by atoms with van der Waals surface area (Å²) in [6.07, 6.45) is 0. The predicted molar refractivity (Wildman–Crippen MR) is 52.7 cm³/mol. The second kappa shape index (κ2) is 4.69. The summed E-state index contributed by atoms with van der Waals surface area (Å²) in [5.74, 6) is 4.78. The van der Waals surface area contributed by atoms with E-state index in [2.05, 4.69) is 20.8 Å². The highest BCUT2D eigenvalue weighted by molar-refractivity contribution is 9.10. The van der Waals surface area contributed by atoms with Crippen molar-refractivity contribution in [1.29, 1.82) is 0 Å². The van der Waals surface area contributed by atoms with Gasteiger partial charge in [0.15, 0.2) is 0 Å². The standard InChI is InChI=1S/C9H11BrFNO/c1-6(5-13-12)7-2-8(10)4-9(11)3-7/h2-4,6H,5,12H2,1H3. The van der Waals surface area contributed by atoms with Crippen LogP contribution in [0.15, 0.2) is 22.7 Å². The summed E-state index contributed by atoms with van der Waals surface area (Å²) in [6, 6.07) is 4.75. The molecule has 4 heteroatoms. The molecule has 0 aliphatic carbocycles. The Morgan fingerprint density at radius 3 is 2.77 bits per heavy atom. The molecule has 1 aromatic rings. The molecule has 0 aliphatic rings. The zero-order valence-electron chi connectivity index (χ0n) is 7.26. The van der Waals surface area contributed by atoms with Gasteiger partial charge < -0.3 is 4.84 Å². The predicted octanol–water partition coefficient (Wildman–Crippen LogP) is 2.58. The summed E-state index contributed by atoms with van der Waals surface area (Å²) in [4.78, 5) is 4.50. The SMILES string of the molecule is CC(CON)c1cc(F)cc(Br)c1. The number of hydrogen-bond donors (Lipinski definition) is 1. The van der Waals surface area contributed by atoms with Crippen molar-refractivity contribution >= 4 is 15.9 Å². The van der Waals surface area contributed by atoms with Crippen molar-refractivity contribution in [2.24, 2.45) is 5.90 Å². The van der Waals surface area contributed by atoms with Gasteiger partial charge in [-0.2, -0.15) is 0 Å². The molecule has 0 spiro atoms. The number of rotatable bonds is 3. The third kappa shape index (κ3) is 3.06. The lowest BCUT2D eigenvalue weighted by atomic mass is 10.0. The molecule has 0 bridgehead atoms. The molecule has 0 saturated carbocycles. The summed E-state index contributed by atoms with van der Waals surface area (Å²) in [5, 5.41) is 0. The van der Waals surface area contributed by atoms with Gasteiger partial charge in [-0.1, -0.05) is 22.9 Å². The van der Waals surface area contributed by atoms with Crippen LogP contribution in [0.1, 0.15) is 18.4 Å². The molecule has 13 heavy (non-hydrogen) atoms. The first-order chi connectivity index (χ1) is 6.13. The van der Waals surface area contributed by atoms with E-state index in [1.807, 2.05) is 13.0 Å². The van der Waals surface area contributed by atoms with E-state index >= 15 is 0 Å². The van der Waals surface area contributed by atoms with E-state index in [1.54, 1.807) is 0 Å². The van der Waals surface area contributed by atoms with Crippen LogP contribution >= 0.6 is 15.9 Å². The molecule has 1 rings (SSSR count). The molecule has 0 amide bonds. The lowest BCUT2D eigenvalue weighted by Gasteiger charge is -2.10. The van der Waals surface area contributed by atoms with Crippen molar-refractivity contribution in [3.63, 3.8) is 0 Å². The van der Waals surface area contributed by atoms with E-state index in [0.29, 0.717) is 6.61 Å². The molecule has 72 valence electrons. The highest BCUT2D eigenvalue weighted by Gasteiger charge is 2.07. The summed E-state index contributed by atoms with van der Waals surface area (Å²) >= 11 is 3.22. The molecule has 0 saturated heterocycles. The second-order valence-corrected chi connectivity index (χ2v) is 3.85. The Morgan fingerprint density at radius 2 is 2.23 bits per heavy atom. The lowest BCUT2D eigenvalue weighted by Crippen LogP contribution is -2.08. The molecule has 1 aromatic carbocycles. The van der Waals surface area contributed by atoms with Crippen LogP contribution in [0.25, 0.3) is 0 Å². The van der Waals surface area contributed by atoms with Gasteiger partial charge in [0.25, 0.3) is 0 Å². The molecule has 0 fully saturated rings. The molecule has 2 nitrogen and oxygen atoms in total. The largest absolute Gasteiger partial charge is 0.304 e. The summed E-state index contributed by atoms with van der Waals surface area (Å²) < 4.78 is 13.7. The third-order valence-corrected chi connectivity index (χ3v) is 2.26. The summed E-state index contributed by atoms with van der Waals surface area (Å²) in [7, 11) is 0. The number of benzene rings is 1. The van der Waals surface area contributed by atoms with Gasteiger partial charge >= 0.3 is 0 Å². The molecule has 0 aromatic heterocycles.